The number of carbonyl (C=O) groups is 1. The lowest BCUT2D eigenvalue weighted by Gasteiger charge is -2.06. The maximum Gasteiger partial charge on any atom is 0.257 e. The number of halogens is 1. The number of amides is 1. The number of benzene rings is 1. The molecule has 0 aliphatic carbocycles. The van der Waals surface area contributed by atoms with Crippen molar-refractivity contribution in [2.75, 3.05) is 11.9 Å². The Labute approximate surface area is 120 Å². The Morgan fingerprint density at radius 3 is 2.81 bits per heavy atom. The Morgan fingerprint density at radius 1 is 1.33 bits per heavy atom. The van der Waals surface area contributed by atoms with Crippen LogP contribution in [0.5, 0.6) is 5.75 Å². The molecule has 0 aliphatic rings. The van der Waals surface area contributed by atoms with Crippen LogP contribution >= 0.6 is 0 Å². The molecule has 1 aromatic heterocycles. The monoisotopic (exact) mass is 286 g/mol. The van der Waals surface area contributed by atoms with Crippen LogP contribution in [0.1, 0.15) is 15.9 Å². The molecule has 0 atom stereocenters. The van der Waals surface area contributed by atoms with E-state index in [4.69, 9.17) is 5.11 Å². The molecule has 0 spiro atoms. The van der Waals surface area contributed by atoms with Crippen LogP contribution in [0.3, 0.4) is 0 Å². The molecule has 106 valence electrons. The molecule has 1 aromatic carbocycles. The molecule has 3 N–H and O–H groups in total. The lowest BCUT2D eigenvalue weighted by atomic mass is 10.2. The lowest BCUT2D eigenvalue weighted by molar-refractivity contribution is 0.102. The Kier molecular flexibility index (Phi) is 4.49. The number of anilines is 1. The third-order valence-electron chi connectivity index (χ3n) is 2.52. The van der Waals surface area contributed by atoms with Crippen molar-refractivity contribution >= 4 is 11.6 Å². The number of nitrogens with one attached hydrogen (secondary N) is 1. The zero-order valence-electron chi connectivity index (χ0n) is 10.8. The Morgan fingerprint density at radius 2 is 2.14 bits per heavy atom. The molecule has 0 aliphatic heterocycles. The third kappa shape index (κ3) is 3.78. The molecule has 1 heterocycles. The molecule has 0 fully saturated rings. The molecule has 1 amide bonds. The van der Waals surface area contributed by atoms with Gasteiger partial charge in [0.05, 0.1) is 17.4 Å². The summed E-state index contributed by atoms with van der Waals surface area (Å²) >= 11 is 0. The van der Waals surface area contributed by atoms with Gasteiger partial charge in [-0.05, 0) is 24.3 Å². The highest BCUT2D eigenvalue weighted by atomic mass is 19.1. The first-order valence-electron chi connectivity index (χ1n) is 5.95. The largest absolute Gasteiger partial charge is 0.506 e. The van der Waals surface area contributed by atoms with Gasteiger partial charge in [-0.25, -0.2) is 4.39 Å². The minimum absolute atomic E-state index is 0.0158. The summed E-state index contributed by atoms with van der Waals surface area (Å²) < 4.78 is 13.8. The van der Waals surface area contributed by atoms with Crippen molar-refractivity contribution in [3.8, 4) is 17.6 Å². The van der Waals surface area contributed by atoms with Gasteiger partial charge in [-0.3, -0.25) is 9.78 Å². The van der Waals surface area contributed by atoms with Gasteiger partial charge in [0, 0.05) is 11.8 Å². The molecule has 5 nitrogen and oxygen atoms in total. The van der Waals surface area contributed by atoms with Crippen molar-refractivity contribution in [2.24, 2.45) is 0 Å². The number of carbonyl (C=O) groups excluding carboxylic acids is 1. The van der Waals surface area contributed by atoms with Crippen molar-refractivity contribution in [1.82, 2.24) is 4.98 Å². The van der Waals surface area contributed by atoms with Crippen LogP contribution in [0.4, 0.5) is 10.1 Å². The zero-order valence-corrected chi connectivity index (χ0v) is 10.8. The number of hydrogen-bond donors (Lipinski definition) is 3. The van der Waals surface area contributed by atoms with Gasteiger partial charge in [0.25, 0.3) is 5.91 Å². The van der Waals surface area contributed by atoms with Gasteiger partial charge in [0.2, 0.25) is 0 Å². The van der Waals surface area contributed by atoms with E-state index in [0.29, 0.717) is 5.56 Å². The van der Waals surface area contributed by atoms with E-state index in [9.17, 15) is 14.3 Å². The quantitative estimate of drug-likeness (QED) is 0.731. The van der Waals surface area contributed by atoms with E-state index in [-0.39, 0.29) is 23.6 Å². The predicted octanol–water partition coefficient (Wildman–Crippen LogP) is 1.52. The second kappa shape index (κ2) is 6.50. The van der Waals surface area contributed by atoms with Crippen molar-refractivity contribution < 1.29 is 19.4 Å². The number of aliphatic hydroxyl groups excluding tert-OH is 1. The molecule has 0 saturated carbocycles. The number of aliphatic hydroxyl groups is 1. The van der Waals surface area contributed by atoms with Crippen molar-refractivity contribution in [1.29, 1.82) is 0 Å². The molecule has 0 radical (unpaired) electrons. The maximum atomic E-state index is 13.8. The van der Waals surface area contributed by atoms with Crippen LogP contribution < -0.4 is 5.32 Å². The van der Waals surface area contributed by atoms with E-state index in [1.54, 1.807) is 0 Å². The van der Waals surface area contributed by atoms with E-state index < -0.39 is 11.7 Å². The molecular formula is C15H11FN2O3. The average molecular weight is 286 g/mol. The molecule has 0 saturated heterocycles. The summed E-state index contributed by atoms with van der Waals surface area (Å²) in [6, 6.07) is 5.26. The van der Waals surface area contributed by atoms with E-state index in [1.807, 2.05) is 0 Å². The van der Waals surface area contributed by atoms with E-state index >= 15 is 0 Å². The van der Waals surface area contributed by atoms with Gasteiger partial charge in [0.1, 0.15) is 18.2 Å². The Hall–Kier alpha value is -2.91. The van der Waals surface area contributed by atoms with Crippen molar-refractivity contribution in [3.05, 3.63) is 53.6 Å². The summed E-state index contributed by atoms with van der Waals surface area (Å²) in [6.07, 6.45) is 2.44. The zero-order chi connectivity index (χ0) is 15.2. The Bertz CT molecular complexity index is 735. The van der Waals surface area contributed by atoms with Gasteiger partial charge in [0.15, 0.2) is 0 Å². The smallest absolute Gasteiger partial charge is 0.257 e. The molecular weight excluding hydrogens is 275 g/mol. The van der Waals surface area contributed by atoms with Gasteiger partial charge >= 0.3 is 0 Å². The second-order valence-corrected chi connectivity index (χ2v) is 4.04. The van der Waals surface area contributed by atoms with Crippen LogP contribution in [0, 0.1) is 17.7 Å². The molecule has 2 aromatic rings. The molecule has 21 heavy (non-hydrogen) atoms. The van der Waals surface area contributed by atoms with Crippen molar-refractivity contribution in [2.45, 2.75) is 0 Å². The van der Waals surface area contributed by atoms with Crippen LogP contribution in [0.2, 0.25) is 0 Å². The normalized spacial score (nSPS) is 9.62. The first-order chi connectivity index (χ1) is 10.1. The fourth-order valence-electron chi connectivity index (χ4n) is 1.58. The van der Waals surface area contributed by atoms with Gasteiger partial charge in [-0.2, -0.15) is 0 Å². The number of rotatable bonds is 2. The maximum absolute atomic E-state index is 13.8. The standard InChI is InChI=1S/C15H11FN2O3/c16-13-6-10(2-1-5-19)3-4-14(13)18-15(21)11-7-12(20)9-17-8-11/h3-4,6-9,19-20H,5H2,(H,18,21). The number of pyridine rings is 1. The highest BCUT2D eigenvalue weighted by Gasteiger charge is 2.10. The SMILES string of the molecule is O=C(Nc1ccc(C#CCO)cc1F)c1cncc(O)c1. The van der Waals surface area contributed by atoms with Gasteiger partial charge in [-0.15, -0.1) is 0 Å². The average Bonchev–Trinajstić information content (AvgIpc) is 2.47. The first-order valence-corrected chi connectivity index (χ1v) is 5.95. The fraction of sp³-hybridized carbons (Fsp3) is 0.0667. The fourth-order valence-corrected chi connectivity index (χ4v) is 1.58. The third-order valence-corrected chi connectivity index (χ3v) is 2.52. The summed E-state index contributed by atoms with van der Waals surface area (Å²) in [7, 11) is 0. The number of hydrogen-bond acceptors (Lipinski definition) is 4. The lowest BCUT2D eigenvalue weighted by Crippen LogP contribution is -2.13. The summed E-state index contributed by atoms with van der Waals surface area (Å²) in [6.45, 7) is -0.315. The molecule has 0 unspecified atom stereocenters. The first kappa shape index (κ1) is 14.5. The number of nitrogens with zero attached hydrogens (tertiary/aromatic N) is 1. The Balaban J connectivity index is 2.18. The van der Waals surface area contributed by atoms with E-state index in [1.165, 1.54) is 30.6 Å². The predicted molar refractivity (Wildman–Crippen MR) is 74.2 cm³/mol. The van der Waals surface area contributed by atoms with Crippen molar-refractivity contribution in [3.63, 3.8) is 0 Å². The van der Waals surface area contributed by atoms with Crippen LogP contribution in [-0.4, -0.2) is 27.7 Å². The molecule has 2 rings (SSSR count). The summed E-state index contributed by atoms with van der Waals surface area (Å²) in [5.74, 6) is 3.56. The van der Waals surface area contributed by atoms with E-state index in [0.717, 1.165) is 6.07 Å². The topological polar surface area (TPSA) is 82.5 Å². The summed E-state index contributed by atoms with van der Waals surface area (Å²) in [5, 5.41) is 20.2. The van der Waals surface area contributed by atoms with Gasteiger partial charge in [-0.1, -0.05) is 11.8 Å². The van der Waals surface area contributed by atoms with E-state index in [2.05, 4.69) is 22.1 Å². The second-order valence-electron chi connectivity index (χ2n) is 4.04. The minimum Gasteiger partial charge on any atom is -0.506 e. The molecule has 6 heteroatoms. The summed E-state index contributed by atoms with van der Waals surface area (Å²) in [5.41, 5.74) is 0.481. The van der Waals surface area contributed by atoms with Crippen LogP contribution in [0.15, 0.2) is 36.7 Å². The minimum atomic E-state index is -0.652. The highest BCUT2D eigenvalue weighted by molar-refractivity contribution is 6.04. The van der Waals surface area contributed by atoms with Gasteiger partial charge < -0.3 is 15.5 Å². The van der Waals surface area contributed by atoms with Crippen LogP contribution in [-0.2, 0) is 0 Å². The van der Waals surface area contributed by atoms with Crippen LogP contribution in [0.25, 0.3) is 0 Å². The number of aromatic nitrogens is 1. The highest BCUT2D eigenvalue weighted by Crippen LogP contribution is 2.17. The number of aromatic hydroxyl groups is 1. The summed E-state index contributed by atoms with van der Waals surface area (Å²) in [4.78, 5) is 15.6. The molecule has 0 bridgehead atoms.